The third-order valence-corrected chi connectivity index (χ3v) is 4.69. The van der Waals surface area contributed by atoms with Crippen molar-refractivity contribution in [2.75, 3.05) is 25.9 Å². The standard InChI is InChI=1S/C15H24N2OS/c1-19-11-15-5-4-14(18-15)9-16-8-12-6-7-17(10-12)13-2-3-13/h4-5,12-13,16H,2-3,6-11H2,1H3. The minimum absolute atomic E-state index is 0.834. The highest BCUT2D eigenvalue weighted by atomic mass is 32.2. The number of hydrogen-bond donors (Lipinski definition) is 1. The summed E-state index contributed by atoms with van der Waals surface area (Å²) in [6.07, 6.45) is 6.33. The monoisotopic (exact) mass is 280 g/mol. The summed E-state index contributed by atoms with van der Waals surface area (Å²) in [5.74, 6) is 3.96. The lowest BCUT2D eigenvalue weighted by atomic mass is 10.1. The summed E-state index contributed by atoms with van der Waals surface area (Å²) in [7, 11) is 0. The molecule has 3 nitrogen and oxygen atoms in total. The first kappa shape index (κ1) is 13.5. The highest BCUT2D eigenvalue weighted by Crippen LogP contribution is 2.31. The number of thioether (sulfide) groups is 1. The van der Waals surface area contributed by atoms with Crippen LogP contribution in [0.25, 0.3) is 0 Å². The SMILES string of the molecule is CSCc1ccc(CNCC2CCN(C3CC3)C2)o1. The highest BCUT2D eigenvalue weighted by molar-refractivity contribution is 7.97. The highest BCUT2D eigenvalue weighted by Gasteiger charge is 2.33. The van der Waals surface area contributed by atoms with Gasteiger partial charge in [0, 0.05) is 12.6 Å². The van der Waals surface area contributed by atoms with Gasteiger partial charge in [0.25, 0.3) is 0 Å². The molecule has 0 radical (unpaired) electrons. The summed E-state index contributed by atoms with van der Waals surface area (Å²) in [6, 6.07) is 5.13. The van der Waals surface area contributed by atoms with Crippen LogP contribution in [-0.2, 0) is 12.3 Å². The smallest absolute Gasteiger partial charge is 0.117 e. The molecule has 0 bridgehead atoms. The number of nitrogens with zero attached hydrogens (tertiary/aromatic N) is 1. The van der Waals surface area contributed by atoms with Gasteiger partial charge in [-0.05, 0) is 56.7 Å². The average Bonchev–Trinajstić information content (AvgIpc) is 2.99. The third kappa shape index (κ3) is 3.77. The Morgan fingerprint density at radius 1 is 1.32 bits per heavy atom. The molecule has 1 N–H and O–H groups in total. The normalized spacial score (nSPS) is 24.2. The molecule has 106 valence electrons. The molecule has 0 amide bonds. The van der Waals surface area contributed by atoms with Crippen molar-refractivity contribution in [1.82, 2.24) is 10.2 Å². The van der Waals surface area contributed by atoms with Gasteiger partial charge in [-0.2, -0.15) is 11.8 Å². The van der Waals surface area contributed by atoms with Crippen molar-refractivity contribution in [2.45, 2.75) is 37.6 Å². The van der Waals surface area contributed by atoms with E-state index in [1.54, 1.807) is 11.8 Å². The molecule has 19 heavy (non-hydrogen) atoms. The van der Waals surface area contributed by atoms with Crippen LogP contribution in [0.2, 0.25) is 0 Å². The number of likely N-dealkylation sites (tertiary alicyclic amines) is 1. The van der Waals surface area contributed by atoms with Crippen LogP contribution in [-0.4, -0.2) is 36.8 Å². The summed E-state index contributed by atoms with van der Waals surface area (Å²) < 4.78 is 5.76. The van der Waals surface area contributed by atoms with E-state index in [2.05, 4.69) is 28.6 Å². The molecule has 1 aliphatic carbocycles. The van der Waals surface area contributed by atoms with Crippen LogP contribution in [0.1, 0.15) is 30.8 Å². The second-order valence-corrected chi connectivity index (χ2v) is 6.68. The lowest BCUT2D eigenvalue weighted by Gasteiger charge is -2.14. The Bertz CT molecular complexity index is 403. The zero-order chi connectivity index (χ0) is 13.1. The Morgan fingerprint density at radius 3 is 2.95 bits per heavy atom. The quantitative estimate of drug-likeness (QED) is 0.831. The van der Waals surface area contributed by atoms with Gasteiger partial charge in [0.05, 0.1) is 12.3 Å². The van der Waals surface area contributed by atoms with Crippen LogP contribution in [0, 0.1) is 5.92 Å². The van der Waals surface area contributed by atoms with E-state index < -0.39 is 0 Å². The van der Waals surface area contributed by atoms with Gasteiger partial charge >= 0.3 is 0 Å². The lowest BCUT2D eigenvalue weighted by Crippen LogP contribution is -2.27. The fraction of sp³-hybridized carbons (Fsp3) is 0.733. The van der Waals surface area contributed by atoms with Crippen LogP contribution in [0.15, 0.2) is 16.5 Å². The molecule has 1 aromatic rings. The second-order valence-electron chi connectivity index (χ2n) is 5.81. The van der Waals surface area contributed by atoms with E-state index in [1.807, 2.05) is 0 Å². The maximum atomic E-state index is 5.76. The average molecular weight is 280 g/mol. The number of nitrogens with one attached hydrogen (secondary N) is 1. The summed E-state index contributed by atoms with van der Waals surface area (Å²) in [6.45, 7) is 4.61. The minimum Gasteiger partial charge on any atom is -0.464 e. The van der Waals surface area contributed by atoms with E-state index in [4.69, 9.17) is 4.42 Å². The zero-order valence-corrected chi connectivity index (χ0v) is 12.5. The van der Waals surface area contributed by atoms with Crippen molar-refractivity contribution < 1.29 is 4.42 Å². The van der Waals surface area contributed by atoms with Gasteiger partial charge < -0.3 is 14.6 Å². The molecule has 0 aromatic carbocycles. The zero-order valence-electron chi connectivity index (χ0n) is 11.7. The Morgan fingerprint density at radius 2 is 2.16 bits per heavy atom. The van der Waals surface area contributed by atoms with E-state index in [1.165, 1.54) is 32.4 Å². The van der Waals surface area contributed by atoms with Gasteiger partial charge in [0.1, 0.15) is 11.5 Å². The van der Waals surface area contributed by atoms with Gasteiger partial charge in [-0.25, -0.2) is 0 Å². The molecule has 1 saturated carbocycles. The van der Waals surface area contributed by atoms with E-state index >= 15 is 0 Å². The number of rotatable bonds is 7. The molecule has 0 spiro atoms. The molecule has 1 atom stereocenters. The summed E-state index contributed by atoms with van der Waals surface area (Å²) in [4.78, 5) is 2.68. The van der Waals surface area contributed by atoms with E-state index in [0.717, 1.165) is 42.3 Å². The molecule has 2 fully saturated rings. The van der Waals surface area contributed by atoms with Gasteiger partial charge in [-0.3, -0.25) is 0 Å². The molecule has 1 aliphatic heterocycles. The van der Waals surface area contributed by atoms with Crippen molar-refractivity contribution >= 4 is 11.8 Å². The third-order valence-electron chi connectivity index (χ3n) is 4.12. The molecular formula is C15H24N2OS. The van der Waals surface area contributed by atoms with Gasteiger partial charge in [-0.1, -0.05) is 0 Å². The first-order valence-electron chi connectivity index (χ1n) is 7.36. The number of hydrogen-bond acceptors (Lipinski definition) is 4. The van der Waals surface area contributed by atoms with Crippen LogP contribution in [0.5, 0.6) is 0 Å². The molecule has 2 heterocycles. The van der Waals surface area contributed by atoms with Crippen molar-refractivity contribution in [1.29, 1.82) is 0 Å². The fourth-order valence-electron chi connectivity index (χ4n) is 2.94. The largest absolute Gasteiger partial charge is 0.464 e. The van der Waals surface area contributed by atoms with E-state index in [-0.39, 0.29) is 0 Å². The molecule has 1 aromatic heterocycles. The van der Waals surface area contributed by atoms with Gasteiger partial charge in [0.15, 0.2) is 0 Å². The van der Waals surface area contributed by atoms with Crippen LogP contribution < -0.4 is 5.32 Å². The molecule has 2 aliphatic rings. The predicted molar refractivity (Wildman–Crippen MR) is 80.3 cm³/mol. The molecule has 3 rings (SSSR count). The van der Waals surface area contributed by atoms with Gasteiger partial charge in [0.2, 0.25) is 0 Å². The predicted octanol–water partition coefficient (Wildman–Crippen LogP) is 2.72. The molecule has 4 heteroatoms. The first-order valence-corrected chi connectivity index (χ1v) is 8.76. The minimum atomic E-state index is 0.834. The summed E-state index contributed by atoms with van der Waals surface area (Å²) in [5, 5.41) is 3.55. The Kier molecular flexibility index (Phi) is 4.51. The molecule has 1 saturated heterocycles. The summed E-state index contributed by atoms with van der Waals surface area (Å²) in [5.41, 5.74) is 0. The van der Waals surface area contributed by atoms with Crippen LogP contribution in [0.4, 0.5) is 0 Å². The van der Waals surface area contributed by atoms with Crippen molar-refractivity contribution in [3.8, 4) is 0 Å². The fourth-order valence-corrected chi connectivity index (χ4v) is 3.38. The maximum absolute atomic E-state index is 5.76. The lowest BCUT2D eigenvalue weighted by molar-refractivity contribution is 0.311. The van der Waals surface area contributed by atoms with Crippen LogP contribution >= 0.6 is 11.8 Å². The van der Waals surface area contributed by atoms with Crippen molar-refractivity contribution in [2.24, 2.45) is 5.92 Å². The Hall–Kier alpha value is -0.450. The number of furan rings is 1. The topological polar surface area (TPSA) is 28.4 Å². The van der Waals surface area contributed by atoms with Crippen molar-refractivity contribution in [3.63, 3.8) is 0 Å². The molecular weight excluding hydrogens is 256 g/mol. The summed E-state index contributed by atoms with van der Waals surface area (Å²) >= 11 is 1.80. The second kappa shape index (κ2) is 6.33. The van der Waals surface area contributed by atoms with E-state index in [0.29, 0.717) is 0 Å². The molecule has 1 unspecified atom stereocenters. The van der Waals surface area contributed by atoms with Gasteiger partial charge in [-0.15, -0.1) is 0 Å². The maximum Gasteiger partial charge on any atom is 0.117 e. The van der Waals surface area contributed by atoms with Crippen molar-refractivity contribution in [3.05, 3.63) is 23.7 Å². The first-order chi connectivity index (χ1) is 9.35. The Balaban J connectivity index is 1.35. The van der Waals surface area contributed by atoms with E-state index in [9.17, 15) is 0 Å². The Labute approximate surface area is 120 Å². The van der Waals surface area contributed by atoms with Crippen LogP contribution in [0.3, 0.4) is 0 Å².